The van der Waals surface area contributed by atoms with Crippen LogP contribution in [0.15, 0.2) is 31.0 Å². The van der Waals surface area contributed by atoms with Crippen molar-refractivity contribution in [2.75, 3.05) is 45.6 Å². The molecular formula is C21H35N5S. The van der Waals surface area contributed by atoms with Gasteiger partial charge in [-0.3, -0.25) is 9.88 Å². The van der Waals surface area contributed by atoms with Crippen molar-refractivity contribution in [1.29, 1.82) is 0 Å². The monoisotopic (exact) mass is 389 g/mol. The molecule has 1 N–H and O–H groups in total. The SMILES string of the molecule is C=CC.CNc1ncc(CN2CCN(C)CC2)s1.Cc1cc(C)nc(C)c1. The standard InChI is InChI=1S/C10H18N4S.C8H11N.C3H6/c1-11-10-12-7-9(15-10)8-14-5-3-13(2)4-6-14;1-6-4-7(2)9-8(3)5-6;1-3-2/h7H,3-6,8H2,1-2H3,(H,11,12);4-5H,1-3H3;3H,1H2,2H3. The molecule has 27 heavy (non-hydrogen) atoms. The number of hydrogen-bond acceptors (Lipinski definition) is 6. The van der Waals surface area contributed by atoms with Crippen LogP contribution in [-0.2, 0) is 6.54 Å². The summed E-state index contributed by atoms with van der Waals surface area (Å²) < 4.78 is 0. The van der Waals surface area contributed by atoms with Crippen molar-refractivity contribution in [3.05, 3.63) is 52.8 Å². The first-order chi connectivity index (χ1) is 12.9. The minimum absolute atomic E-state index is 1.01. The van der Waals surface area contributed by atoms with Crippen molar-refractivity contribution in [3.63, 3.8) is 0 Å². The van der Waals surface area contributed by atoms with E-state index >= 15 is 0 Å². The third kappa shape index (κ3) is 9.65. The molecule has 3 rings (SSSR count). The highest BCUT2D eigenvalue weighted by molar-refractivity contribution is 7.15. The predicted molar refractivity (Wildman–Crippen MR) is 119 cm³/mol. The summed E-state index contributed by atoms with van der Waals surface area (Å²) in [7, 11) is 4.10. The molecule has 0 amide bonds. The zero-order valence-corrected chi connectivity index (χ0v) is 18.6. The minimum atomic E-state index is 1.01. The first-order valence-corrected chi connectivity index (χ1v) is 10.2. The summed E-state index contributed by atoms with van der Waals surface area (Å²) in [5.41, 5.74) is 3.50. The molecule has 0 saturated carbocycles. The summed E-state index contributed by atoms with van der Waals surface area (Å²) in [6, 6.07) is 4.15. The molecule has 2 aromatic heterocycles. The van der Waals surface area contributed by atoms with Gasteiger partial charge in [-0.2, -0.15) is 0 Å². The van der Waals surface area contributed by atoms with Crippen molar-refractivity contribution in [1.82, 2.24) is 19.8 Å². The molecule has 0 spiro atoms. The molecule has 1 aliphatic rings. The number of likely N-dealkylation sites (N-methyl/N-ethyl adjacent to an activating group) is 1. The Morgan fingerprint density at radius 3 is 2.15 bits per heavy atom. The molecule has 0 aliphatic carbocycles. The van der Waals surface area contributed by atoms with Crippen molar-refractivity contribution in [2.24, 2.45) is 0 Å². The Bertz CT molecular complexity index is 624. The van der Waals surface area contributed by atoms with Crippen LogP contribution in [-0.4, -0.2) is 60.0 Å². The van der Waals surface area contributed by atoms with Gasteiger partial charge in [0.25, 0.3) is 0 Å². The second-order valence-electron chi connectivity index (χ2n) is 6.80. The lowest BCUT2D eigenvalue weighted by Crippen LogP contribution is -2.43. The number of aromatic nitrogens is 2. The molecule has 0 atom stereocenters. The van der Waals surface area contributed by atoms with Crippen LogP contribution in [0.3, 0.4) is 0 Å². The summed E-state index contributed by atoms with van der Waals surface area (Å²) in [4.78, 5) is 14.7. The number of nitrogens with one attached hydrogen (secondary N) is 1. The number of hydrogen-bond donors (Lipinski definition) is 1. The average Bonchev–Trinajstić information content (AvgIpc) is 3.05. The third-order valence-electron chi connectivity index (χ3n) is 3.97. The largest absolute Gasteiger partial charge is 0.365 e. The van der Waals surface area contributed by atoms with Crippen LogP contribution < -0.4 is 5.32 Å². The molecule has 1 saturated heterocycles. The zero-order valence-electron chi connectivity index (χ0n) is 17.7. The third-order valence-corrected chi connectivity index (χ3v) is 4.97. The van der Waals surface area contributed by atoms with Gasteiger partial charge in [0.1, 0.15) is 0 Å². The van der Waals surface area contributed by atoms with Gasteiger partial charge in [0.05, 0.1) is 0 Å². The fraction of sp³-hybridized carbons (Fsp3) is 0.524. The lowest BCUT2D eigenvalue weighted by atomic mass is 10.2. The molecule has 3 heterocycles. The summed E-state index contributed by atoms with van der Waals surface area (Å²) in [5.74, 6) is 0. The van der Waals surface area contributed by atoms with Crippen LogP contribution in [0, 0.1) is 20.8 Å². The number of rotatable bonds is 3. The van der Waals surface area contributed by atoms with E-state index in [1.807, 2.05) is 34.0 Å². The van der Waals surface area contributed by atoms with Gasteiger partial charge in [0.15, 0.2) is 5.13 Å². The number of pyridine rings is 1. The van der Waals surface area contributed by atoms with Gasteiger partial charge in [-0.05, 0) is 52.4 Å². The molecule has 0 aromatic carbocycles. The van der Waals surface area contributed by atoms with Gasteiger partial charge in [0, 0.05) is 62.2 Å². The Balaban J connectivity index is 0.000000259. The average molecular weight is 390 g/mol. The topological polar surface area (TPSA) is 44.3 Å². The van der Waals surface area contributed by atoms with Gasteiger partial charge in [-0.1, -0.05) is 6.08 Å². The molecule has 0 unspecified atom stereocenters. The van der Waals surface area contributed by atoms with E-state index in [4.69, 9.17) is 0 Å². The maximum Gasteiger partial charge on any atom is 0.182 e. The van der Waals surface area contributed by atoms with E-state index in [0.29, 0.717) is 0 Å². The number of piperazine rings is 1. The van der Waals surface area contributed by atoms with Gasteiger partial charge >= 0.3 is 0 Å². The number of anilines is 1. The van der Waals surface area contributed by atoms with Crippen LogP contribution >= 0.6 is 11.3 Å². The fourth-order valence-electron chi connectivity index (χ4n) is 2.77. The predicted octanol–water partition coefficient (Wildman–Crippen LogP) is 4.13. The van der Waals surface area contributed by atoms with Crippen molar-refractivity contribution in [3.8, 4) is 0 Å². The molecule has 150 valence electrons. The Hall–Kier alpha value is -1.76. The summed E-state index contributed by atoms with van der Waals surface area (Å²) in [6.45, 7) is 17.1. The van der Waals surface area contributed by atoms with Gasteiger partial charge < -0.3 is 10.2 Å². The van der Waals surface area contributed by atoms with E-state index < -0.39 is 0 Å². The zero-order chi connectivity index (χ0) is 20.2. The summed E-state index contributed by atoms with van der Waals surface area (Å²) in [5, 5.41) is 4.09. The van der Waals surface area contributed by atoms with E-state index in [0.717, 1.165) is 23.1 Å². The highest BCUT2D eigenvalue weighted by Crippen LogP contribution is 2.19. The molecule has 5 nitrogen and oxygen atoms in total. The molecule has 0 bridgehead atoms. The maximum absolute atomic E-state index is 4.29. The van der Waals surface area contributed by atoms with E-state index in [1.165, 1.54) is 36.6 Å². The normalized spacial score (nSPS) is 14.4. The molecule has 6 heteroatoms. The molecule has 1 aliphatic heterocycles. The van der Waals surface area contributed by atoms with Gasteiger partial charge in [0.2, 0.25) is 0 Å². The first kappa shape index (κ1) is 23.3. The van der Waals surface area contributed by atoms with E-state index in [-0.39, 0.29) is 0 Å². The van der Waals surface area contributed by atoms with Gasteiger partial charge in [-0.25, -0.2) is 4.98 Å². The molecule has 2 aromatic rings. The van der Waals surface area contributed by atoms with E-state index in [9.17, 15) is 0 Å². The van der Waals surface area contributed by atoms with Crippen molar-refractivity contribution >= 4 is 16.5 Å². The number of thiazole rings is 1. The Morgan fingerprint density at radius 2 is 1.70 bits per heavy atom. The van der Waals surface area contributed by atoms with E-state index in [1.54, 1.807) is 17.4 Å². The van der Waals surface area contributed by atoms with Crippen LogP contribution in [0.4, 0.5) is 5.13 Å². The lowest BCUT2D eigenvalue weighted by molar-refractivity contribution is 0.149. The number of allylic oxidation sites excluding steroid dienone is 1. The van der Waals surface area contributed by atoms with Gasteiger partial charge in [-0.15, -0.1) is 17.9 Å². The van der Waals surface area contributed by atoms with Crippen molar-refractivity contribution < 1.29 is 0 Å². The second-order valence-corrected chi connectivity index (χ2v) is 7.91. The summed E-state index contributed by atoms with van der Waals surface area (Å²) >= 11 is 1.75. The smallest absolute Gasteiger partial charge is 0.182 e. The number of aryl methyl sites for hydroxylation is 3. The fourth-order valence-corrected chi connectivity index (χ4v) is 3.57. The van der Waals surface area contributed by atoms with E-state index in [2.05, 4.69) is 57.8 Å². The highest BCUT2D eigenvalue weighted by Gasteiger charge is 2.14. The highest BCUT2D eigenvalue weighted by atomic mass is 32.1. The first-order valence-electron chi connectivity index (χ1n) is 9.40. The quantitative estimate of drug-likeness (QED) is 0.800. The summed E-state index contributed by atoms with van der Waals surface area (Å²) in [6.07, 6.45) is 3.73. The Kier molecular flexibility index (Phi) is 10.9. The van der Waals surface area contributed by atoms with Crippen LogP contribution in [0.1, 0.15) is 28.8 Å². The molecule has 1 fully saturated rings. The Labute approximate surface area is 169 Å². The van der Waals surface area contributed by atoms with Crippen LogP contribution in [0.2, 0.25) is 0 Å². The molecule has 0 radical (unpaired) electrons. The lowest BCUT2D eigenvalue weighted by Gasteiger charge is -2.31. The van der Waals surface area contributed by atoms with Crippen LogP contribution in [0.5, 0.6) is 0 Å². The van der Waals surface area contributed by atoms with Crippen LogP contribution in [0.25, 0.3) is 0 Å². The Morgan fingerprint density at radius 1 is 1.15 bits per heavy atom. The minimum Gasteiger partial charge on any atom is -0.365 e. The molecular weight excluding hydrogens is 354 g/mol. The van der Waals surface area contributed by atoms with Crippen molar-refractivity contribution in [2.45, 2.75) is 34.2 Å². The second kappa shape index (κ2) is 12.6. The maximum atomic E-state index is 4.29. The number of nitrogens with zero attached hydrogens (tertiary/aromatic N) is 4.